The van der Waals surface area contributed by atoms with Gasteiger partial charge in [-0.25, -0.2) is 0 Å². The first-order chi connectivity index (χ1) is 6.59. The Morgan fingerprint density at radius 2 is 1.86 bits per heavy atom. The molecule has 0 fully saturated rings. The van der Waals surface area contributed by atoms with Crippen LogP contribution in [0.5, 0.6) is 0 Å². The highest BCUT2D eigenvalue weighted by molar-refractivity contribution is 7.85. The van der Waals surface area contributed by atoms with Crippen LogP contribution in [0.25, 0.3) is 0 Å². The molecule has 1 aliphatic rings. The van der Waals surface area contributed by atoms with Gasteiger partial charge in [0.05, 0.1) is 10.8 Å². The van der Waals surface area contributed by atoms with Crippen molar-refractivity contribution < 1.29 is 9.00 Å². The van der Waals surface area contributed by atoms with Gasteiger partial charge in [-0.15, -0.1) is 0 Å². The summed E-state index contributed by atoms with van der Waals surface area (Å²) in [5.74, 6) is 0.608. The molecule has 1 heterocycles. The van der Waals surface area contributed by atoms with Gasteiger partial charge in [0.15, 0.2) is 5.78 Å². The molecule has 0 saturated heterocycles. The zero-order valence-electron chi connectivity index (χ0n) is 8.29. The third-order valence-corrected chi connectivity index (χ3v) is 4.06. The first-order valence-corrected chi connectivity index (χ1v) is 5.94. The van der Waals surface area contributed by atoms with Gasteiger partial charge in [-0.05, 0) is 37.1 Å². The maximum Gasteiger partial charge on any atom is 0.165 e. The standard InChI is InChI=1S/C11H12O2S/c1-7-5-9-10(12)3-4-14(13)11(9)6-8(7)2/h5-6H,3-4H2,1-2H3. The number of hydrogen-bond acceptors (Lipinski definition) is 2. The Hall–Kier alpha value is -0.960. The van der Waals surface area contributed by atoms with Gasteiger partial charge in [0.2, 0.25) is 0 Å². The summed E-state index contributed by atoms with van der Waals surface area (Å²) in [7, 11) is -0.975. The fraction of sp³-hybridized carbons (Fsp3) is 0.364. The highest BCUT2D eigenvalue weighted by atomic mass is 32.2. The SMILES string of the molecule is Cc1cc2c(cc1C)S(=O)CCC2=O. The van der Waals surface area contributed by atoms with Crippen molar-refractivity contribution in [3.8, 4) is 0 Å². The second-order valence-electron chi connectivity index (χ2n) is 3.66. The number of benzene rings is 1. The first-order valence-electron chi connectivity index (χ1n) is 4.62. The van der Waals surface area contributed by atoms with Crippen LogP contribution in [0.3, 0.4) is 0 Å². The number of rotatable bonds is 0. The molecule has 1 unspecified atom stereocenters. The van der Waals surface area contributed by atoms with Crippen LogP contribution in [0.15, 0.2) is 17.0 Å². The smallest absolute Gasteiger partial charge is 0.165 e. The summed E-state index contributed by atoms with van der Waals surface area (Å²) in [6.07, 6.45) is 0.419. The Balaban J connectivity index is 2.68. The van der Waals surface area contributed by atoms with Gasteiger partial charge in [0, 0.05) is 22.6 Å². The van der Waals surface area contributed by atoms with Crippen molar-refractivity contribution in [1.82, 2.24) is 0 Å². The van der Waals surface area contributed by atoms with E-state index in [0.717, 1.165) is 16.0 Å². The Bertz CT molecular complexity index is 394. The molecule has 2 nitrogen and oxygen atoms in total. The van der Waals surface area contributed by atoms with Crippen molar-refractivity contribution in [3.05, 3.63) is 28.8 Å². The summed E-state index contributed by atoms with van der Waals surface area (Å²) < 4.78 is 11.7. The van der Waals surface area contributed by atoms with Crippen LogP contribution < -0.4 is 0 Å². The van der Waals surface area contributed by atoms with Crippen LogP contribution in [-0.4, -0.2) is 15.7 Å². The summed E-state index contributed by atoms with van der Waals surface area (Å²) in [6, 6.07) is 3.75. The van der Waals surface area contributed by atoms with Crippen LogP contribution in [-0.2, 0) is 10.8 Å². The van der Waals surface area contributed by atoms with E-state index in [2.05, 4.69) is 0 Å². The third-order valence-electron chi connectivity index (χ3n) is 2.66. The topological polar surface area (TPSA) is 34.1 Å². The average Bonchev–Trinajstić information content (AvgIpc) is 2.15. The molecule has 0 N–H and O–H groups in total. The van der Waals surface area contributed by atoms with E-state index in [1.807, 2.05) is 26.0 Å². The molecule has 0 spiro atoms. The molecule has 0 saturated carbocycles. The average molecular weight is 208 g/mol. The molecule has 0 amide bonds. The summed E-state index contributed by atoms with van der Waals surface area (Å²) >= 11 is 0. The lowest BCUT2D eigenvalue weighted by Crippen LogP contribution is -2.17. The zero-order valence-corrected chi connectivity index (χ0v) is 9.11. The van der Waals surface area contributed by atoms with Crippen LogP contribution in [0.4, 0.5) is 0 Å². The molecule has 2 rings (SSSR count). The molecule has 14 heavy (non-hydrogen) atoms. The van der Waals surface area contributed by atoms with Gasteiger partial charge in [0.1, 0.15) is 0 Å². The minimum atomic E-state index is -0.975. The summed E-state index contributed by atoms with van der Waals surface area (Å²) in [4.78, 5) is 12.3. The zero-order chi connectivity index (χ0) is 10.3. The monoisotopic (exact) mass is 208 g/mol. The lowest BCUT2D eigenvalue weighted by Gasteiger charge is -2.15. The van der Waals surface area contributed by atoms with Crippen molar-refractivity contribution in [2.24, 2.45) is 0 Å². The van der Waals surface area contributed by atoms with E-state index >= 15 is 0 Å². The van der Waals surface area contributed by atoms with Gasteiger partial charge < -0.3 is 0 Å². The fourth-order valence-corrected chi connectivity index (χ4v) is 2.94. The molecule has 3 heteroatoms. The molecule has 0 aromatic heterocycles. The maximum absolute atomic E-state index is 11.7. The molecular formula is C11H12O2S. The molecule has 1 aliphatic heterocycles. The van der Waals surface area contributed by atoms with Crippen molar-refractivity contribution in [2.75, 3.05) is 5.75 Å². The largest absolute Gasteiger partial charge is 0.294 e. The number of fused-ring (bicyclic) bond motifs is 1. The highest BCUT2D eigenvalue weighted by Gasteiger charge is 2.22. The van der Waals surface area contributed by atoms with Gasteiger partial charge in [0.25, 0.3) is 0 Å². The van der Waals surface area contributed by atoms with Gasteiger partial charge in [-0.2, -0.15) is 0 Å². The molecule has 1 aromatic rings. The molecular weight excluding hydrogens is 196 g/mol. The van der Waals surface area contributed by atoms with Crippen molar-refractivity contribution in [3.63, 3.8) is 0 Å². The van der Waals surface area contributed by atoms with E-state index < -0.39 is 10.8 Å². The summed E-state index contributed by atoms with van der Waals surface area (Å²) in [5, 5.41) is 0. The highest BCUT2D eigenvalue weighted by Crippen LogP contribution is 2.25. The van der Waals surface area contributed by atoms with E-state index in [9.17, 15) is 9.00 Å². The maximum atomic E-state index is 11.7. The number of hydrogen-bond donors (Lipinski definition) is 0. The minimum Gasteiger partial charge on any atom is -0.294 e. The van der Waals surface area contributed by atoms with E-state index in [1.165, 1.54) is 0 Å². The minimum absolute atomic E-state index is 0.128. The summed E-state index contributed by atoms with van der Waals surface area (Å²) in [5.41, 5.74) is 2.86. The third kappa shape index (κ3) is 1.42. The predicted molar refractivity (Wildman–Crippen MR) is 56.1 cm³/mol. The van der Waals surface area contributed by atoms with Gasteiger partial charge in [-0.1, -0.05) is 0 Å². The second-order valence-corrected chi connectivity index (χ2v) is 5.19. The van der Waals surface area contributed by atoms with E-state index in [1.54, 1.807) is 0 Å². The molecule has 0 bridgehead atoms. The normalized spacial score (nSPS) is 20.7. The first kappa shape index (κ1) is 9.59. The Labute approximate surface area is 85.8 Å². The predicted octanol–water partition coefficient (Wildman–Crippen LogP) is 2.00. The number of carbonyl (C=O) groups excluding carboxylic acids is 1. The van der Waals surface area contributed by atoms with Gasteiger partial charge in [-0.3, -0.25) is 9.00 Å². The van der Waals surface area contributed by atoms with Crippen LogP contribution in [0.2, 0.25) is 0 Å². The lowest BCUT2D eigenvalue weighted by molar-refractivity contribution is 0.0984. The Kier molecular flexibility index (Phi) is 2.27. The number of carbonyl (C=O) groups is 1. The van der Waals surface area contributed by atoms with Gasteiger partial charge >= 0.3 is 0 Å². The second kappa shape index (κ2) is 3.31. The van der Waals surface area contributed by atoms with Crippen molar-refractivity contribution in [1.29, 1.82) is 0 Å². The Morgan fingerprint density at radius 1 is 1.21 bits per heavy atom. The van der Waals surface area contributed by atoms with Crippen LogP contribution in [0, 0.1) is 13.8 Å². The molecule has 1 aromatic carbocycles. The number of aryl methyl sites for hydroxylation is 2. The molecule has 1 atom stereocenters. The number of Topliss-reactive ketones (excluding diaryl/α,β-unsaturated/α-hetero) is 1. The molecule has 0 aliphatic carbocycles. The number of ketones is 1. The van der Waals surface area contributed by atoms with Crippen LogP contribution >= 0.6 is 0 Å². The summed E-state index contributed by atoms with van der Waals surface area (Å²) in [6.45, 7) is 3.95. The lowest BCUT2D eigenvalue weighted by atomic mass is 10.0. The van der Waals surface area contributed by atoms with E-state index in [0.29, 0.717) is 17.7 Å². The van der Waals surface area contributed by atoms with E-state index in [-0.39, 0.29) is 5.78 Å². The van der Waals surface area contributed by atoms with Crippen LogP contribution in [0.1, 0.15) is 27.9 Å². The quantitative estimate of drug-likeness (QED) is 0.653. The van der Waals surface area contributed by atoms with Crippen molar-refractivity contribution >= 4 is 16.6 Å². The Morgan fingerprint density at radius 3 is 2.57 bits per heavy atom. The van der Waals surface area contributed by atoms with Crippen molar-refractivity contribution in [2.45, 2.75) is 25.2 Å². The van der Waals surface area contributed by atoms with E-state index in [4.69, 9.17) is 0 Å². The molecule has 74 valence electrons. The molecule has 0 radical (unpaired) electrons. The fourth-order valence-electron chi connectivity index (χ4n) is 1.63.